The molecule has 0 bridgehead atoms. The second kappa shape index (κ2) is 5.07. The number of methoxy groups -OCH3 is 1. The fourth-order valence-corrected chi connectivity index (χ4v) is 2.68. The quantitative estimate of drug-likeness (QED) is 0.840. The molecule has 0 aromatic heterocycles. The molecule has 2 rings (SSSR count). The van der Waals surface area contributed by atoms with E-state index in [1.54, 1.807) is 7.11 Å². The lowest BCUT2D eigenvalue weighted by Crippen LogP contribution is -2.39. The summed E-state index contributed by atoms with van der Waals surface area (Å²) in [6.07, 6.45) is 3.92. The Hall–Kier alpha value is -1.06. The number of hydrogen-bond donors (Lipinski definition) is 2. The third-order valence-corrected chi connectivity index (χ3v) is 3.99. The van der Waals surface area contributed by atoms with Gasteiger partial charge in [0.1, 0.15) is 5.75 Å². The summed E-state index contributed by atoms with van der Waals surface area (Å²) in [6.45, 7) is 0.200. The summed E-state index contributed by atoms with van der Waals surface area (Å²) in [6, 6.07) is 8.34. The summed E-state index contributed by atoms with van der Waals surface area (Å²) < 4.78 is 5.16. The van der Waals surface area contributed by atoms with Gasteiger partial charge in [-0.2, -0.15) is 0 Å². The van der Waals surface area contributed by atoms with Crippen LogP contribution in [0.1, 0.15) is 31.2 Å². The molecule has 3 heteroatoms. The number of benzene rings is 1. The average Bonchev–Trinajstić information content (AvgIpc) is 2.40. The van der Waals surface area contributed by atoms with Crippen LogP contribution >= 0.6 is 0 Å². The topological polar surface area (TPSA) is 55.5 Å². The Labute approximate surface area is 103 Å². The molecule has 0 amide bonds. The fourth-order valence-electron chi connectivity index (χ4n) is 2.68. The molecule has 1 aromatic carbocycles. The molecule has 0 aliphatic heterocycles. The first-order valence-corrected chi connectivity index (χ1v) is 6.21. The number of aliphatic hydroxyl groups is 1. The van der Waals surface area contributed by atoms with Gasteiger partial charge in [0, 0.05) is 11.5 Å². The number of nitrogens with two attached hydrogens (primary N) is 1. The van der Waals surface area contributed by atoms with Gasteiger partial charge in [-0.05, 0) is 43.4 Å². The first-order chi connectivity index (χ1) is 8.20. The minimum Gasteiger partial charge on any atom is -0.497 e. The van der Waals surface area contributed by atoms with Crippen LogP contribution in [0, 0.1) is 0 Å². The molecule has 3 N–H and O–H groups in total. The molecule has 17 heavy (non-hydrogen) atoms. The fraction of sp³-hybridized carbons (Fsp3) is 0.571. The molecule has 0 atom stereocenters. The molecule has 0 heterocycles. The van der Waals surface area contributed by atoms with Gasteiger partial charge < -0.3 is 15.6 Å². The van der Waals surface area contributed by atoms with Crippen LogP contribution in [0.2, 0.25) is 0 Å². The number of hydrogen-bond acceptors (Lipinski definition) is 3. The van der Waals surface area contributed by atoms with E-state index in [0.29, 0.717) is 6.04 Å². The summed E-state index contributed by atoms with van der Waals surface area (Å²) >= 11 is 0. The molecule has 3 nitrogen and oxygen atoms in total. The molecule has 1 aliphatic carbocycles. The van der Waals surface area contributed by atoms with Crippen LogP contribution in [0.15, 0.2) is 24.3 Å². The largest absolute Gasteiger partial charge is 0.497 e. The van der Waals surface area contributed by atoms with Gasteiger partial charge in [0.15, 0.2) is 0 Å². The lowest BCUT2D eigenvalue weighted by Gasteiger charge is -2.38. The van der Waals surface area contributed by atoms with Crippen molar-refractivity contribution in [2.75, 3.05) is 13.7 Å². The van der Waals surface area contributed by atoms with E-state index >= 15 is 0 Å². The van der Waals surface area contributed by atoms with Gasteiger partial charge in [-0.3, -0.25) is 0 Å². The van der Waals surface area contributed by atoms with Crippen LogP contribution in [0.5, 0.6) is 5.75 Å². The minimum atomic E-state index is -0.0951. The normalized spacial score (nSPS) is 29.0. The Balaban J connectivity index is 2.21. The summed E-state index contributed by atoms with van der Waals surface area (Å²) in [5.74, 6) is 0.856. The summed E-state index contributed by atoms with van der Waals surface area (Å²) in [5.41, 5.74) is 7.04. The molecule has 0 radical (unpaired) electrons. The summed E-state index contributed by atoms with van der Waals surface area (Å²) in [7, 11) is 1.66. The molecule has 1 fully saturated rings. The predicted octanol–water partition coefficient (Wildman–Crippen LogP) is 1.83. The van der Waals surface area contributed by atoms with Crippen LogP contribution < -0.4 is 10.5 Å². The van der Waals surface area contributed by atoms with E-state index in [4.69, 9.17) is 10.5 Å². The number of rotatable bonds is 3. The highest BCUT2D eigenvalue weighted by Crippen LogP contribution is 2.39. The Morgan fingerprint density at radius 1 is 1.29 bits per heavy atom. The van der Waals surface area contributed by atoms with Gasteiger partial charge in [-0.15, -0.1) is 0 Å². The van der Waals surface area contributed by atoms with Crippen molar-refractivity contribution in [1.82, 2.24) is 0 Å². The molecule has 94 valence electrons. The SMILES string of the molecule is COc1ccc(C2(CO)CCC(N)CC2)cc1. The zero-order valence-electron chi connectivity index (χ0n) is 10.4. The Morgan fingerprint density at radius 2 is 1.88 bits per heavy atom. The van der Waals surface area contributed by atoms with E-state index < -0.39 is 0 Å². The monoisotopic (exact) mass is 235 g/mol. The van der Waals surface area contributed by atoms with E-state index in [1.165, 1.54) is 5.56 Å². The van der Waals surface area contributed by atoms with Gasteiger partial charge >= 0.3 is 0 Å². The van der Waals surface area contributed by atoms with Crippen molar-refractivity contribution >= 4 is 0 Å². The smallest absolute Gasteiger partial charge is 0.118 e. The van der Waals surface area contributed by atoms with E-state index in [0.717, 1.165) is 31.4 Å². The summed E-state index contributed by atoms with van der Waals surface area (Å²) in [5, 5.41) is 9.74. The molecule has 0 unspecified atom stereocenters. The van der Waals surface area contributed by atoms with Crippen LogP contribution in [-0.2, 0) is 5.41 Å². The lowest BCUT2D eigenvalue weighted by atomic mass is 9.69. The van der Waals surface area contributed by atoms with Crippen molar-refractivity contribution in [2.24, 2.45) is 5.73 Å². The van der Waals surface area contributed by atoms with Gasteiger partial charge in [0.05, 0.1) is 13.7 Å². The predicted molar refractivity (Wildman–Crippen MR) is 68.2 cm³/mol. The van der Waals surface area contributed by atoms with E-state index in [-0.39, 0.29) is 12.0 Å². The van der Waals surface area contributed by atoms with Crippen LogP contribution in [0.4, 0.5) is 0 Å². The second-order valence-electron chi connectivity index (χ2n) is 5.00. The molecule has 1 saturated carbocycles. The summed E-state index contributed by atoms with van der Waals surface area (Å²) in [4.78, 5) is 0. The highest BCUT2D eigenvalue weighted by atomic mass is 16.5. The molecule has 1 aromatic rings. The molecular formula is C14H21NO2. The van der Waals surface area contributed by atoms with Crippen LogP contribution in [-0.4, -0.2) is 24.9 Å². The maximum Gasteiger partial charge on any atom is 0.118 e. The zero-order valence-corrected chi connectivity index (χ0v) is 10.4. The highest BCUT2D eigenvalue weighted by molar-refractivity contribution is 5.33. The van der Waals surface area contributed by atoms with Gasteiger partial charge in [-0.25, -0.2) is 0 Å². The highest BCUT2D eigenvalue weighted by Gasteiger charge is 2.35. The third-order valence-electron chi connectivity index (χ3n) is 3.99. The Morgan fingerprint density at radius 3 is 2.35 bits per heavy atom. The molecule has 0 spiro atoms. The Kier molecular flexibility index (Phi) is 3.69. The minimum absolute atomic E-state index is 0.0951. The van der Waals surface area contributed by atoms with E-state index in [9.17, 15) is 5.11 Å². The van der Waals surface area contributed by atoms with Gasteiger partial charge in [0.2, 0.25) is 0 Å². The van der Waals surface area contributed by atoms with Crippen molar-refractivity contribution in [3.05, 3.63) is 29.8 Å². The van der Waals surface area contributed by atoms with Crippen molar-refractivity contribution < 1.29 is 9.84 Å². The molecule has 0 saturated heterocycles. The van der Waals surface area contributed by atoms with Crippen molar-refractivity contribution in [3.63, 3.8) is 0 Å². The maximum atomic E-state index is 9.74. The standard InChI is InChI=1S/C14H21NO2/c1-17-13-4-2-11(3-5-13)14(10-16)8-6-12(15)7-9-14/h2-5,12,16H,6-10,15H2,1H3. The second-order valence-corrected chi connectivity index (χ2v) is 5.00. The maximum absolute atomic E-state index is 9.74. The third kappa shape index (κ3) is 2.45. The van der Waals surface area contributed by atoms with E-state index in [2.05, 4.69) is 12.1 Å². The van der Waals surface area contributed by atoms with E-state index in [1.807, 2.05) is 12.1 Å². The Bertz CT molecular complexity index is 353. The van der Waals surface area contributed by atoms with Crippen molar-refractivity contribution in [3.8, 4) is 5.75 Å². The zero-order chi connectivity index (χ0) is 12.3. The van der Waals surface area contributed by atoms with Gasteiger partial charge in [-0.1, -0.05) is 12.1 Å². The van der Waals surface area contributed by atoms with Crippen LogP contribution in [0.25, 0.3) is 0 Å². The average molecular weight is 235 g/mol. The molecule has 1 aliphatic rings. The first kappa shape index (κ1) is 12.4. The number of aliphatic hydroxyl groups excluding tert-OH is 1. The van der Waals surface area contributed by atoms with Crippen LogP contribution in [0.3, 0.4) is 0 Å². The van der Waals surface area contributed by atoms with Crippen molar-refractivity contribution in [2.45, 2.75) is 37.1 Å². The van der Waals surface area contributed by atoms with Crippen molar-refractivity contribution in [1.29, 1.82) is 0 Å². The molecular weight excluding hydrogens is 214 g/mol. The number of ether oxygens (including phenoxy) is 1. The van der Waals surface area contributed by atoms with Gasteiger partial charge in [0.25, 0.3) is 0 Å². The lowest BCUT2D eigenvalue weighted by molar-refractivity contribution is 0.145. The first-order valence-electron chi connectivity index (χ1n) is 6.21.